The van der Waals surface area contributed by atoms with Gasteiger partial charge < -0.3 is 4.57 Å². The molecule has 0 bridgehead atoms. The molecule has 0 aromatic carbocycles. The number of nitrogens with zero attached hydrogens (tertiary/aromatic N) is 1. The van der Waals surface area contributed by atoms with Crippen LogP contribution < -0.4 is 5.56 Å². The highest BCUT2D eigenvalue weighted by Crippen LogP contribution is 2.23. The van der Waals surface area contributed by atoms with Gasteiger partial charge in [0.2, 0.25) is 0 Å². The van der Waals surface area contributed by atoms with Crippen molar-refractivity contribution >= 4 is 24.0 Å². The van der Waals surface area contributed by atoms with Crippen LogP contribution >= 0.6 is 24.0 Å². The van der Waals surface area contributed by atoms with Gasteiger partial charge >= 0.3 is 0 Å². The molecule has 3 nitrogen and oxygen atoms in total. The van der Waals surface area contributed by atoms with Gasteiger partial charge in [-0.3, -0.25) is 9.78 Å². The quantitative estimate of drug-likeness (QED) is 0.807. The van der Waals surface area contributed by atoms with E-state index >= 15 is 0 Å². The highest BCUT2D eigenvalue weighted by atomic mass is 32.2. The normalized spacial score (nSPS) is 17.9. The summed E-state index contributed by atoms with van der Waals surface area (Å²) in [6, 6.07) is 1.54. The summed E-state index contributed by atoms with van der Waals surface area (Å²) in [6.07, 6.45) is 4.31. The summed E-state index contributed by atoms with van der Waals surface area (Å²) in [5, 5.41) is 0. The van der Waals surface area contributed by atoms with Crippen molar-refractivity contribution in [1.82, 2.24) is 9.55 Å². The summed E-state index contributed by atoms with van der Waals surface area (Å²) in [5.41, 5.74) is -0.115. The van der Waals surface area contributed by atoms with Gasteiger partial charge in [-0.1, -0.05) is 0 Å². The van der Waals surface area contributed by atoms with Crippen LogP contribution in [0, 0.1) is 10.7 Å². The van der Waals surface area contributed by atoms with E-state index in [0.29, 0.717) is 10.7 Å². The first-order valence-corrected chi connectivity index (χ1v) is 6.69. The van der Waals surface area contributed by atoms with Crippen LogP contribution in [0.1, 0.15) is 12.8 Å². The van der Waals surface area contributed by atoms with E-state index in [0.717, 1.165) is 6.54 Å². The lowest BCUT2D eigenvalue weighted by molar-refractivity contribution is 0.410. The largest absolute Gasteiger partial charge is 0.325 e. The number of hydrogen-bond acceptors (Lipinski definition) is 3. The molecule has 0 aliphatic carbocycles. The maximum atomic E-state index is 11.0. The molecule has 5 heteroatoms. The van der Waals surface area contributed by atoms with Crippen molar-refractivity contribution in [2.75, 3.05) is 11.5 Å². The third kappa shape index (κ3) is 2.95. The molecular formula is C10H14N2OS2. The lowest BCUT2D eigenvalue weighted by atomic mass is 10.0. The van der Waals surface area contributed by atoms with Crippen molar-refractivity contribution in [2.24, 2.45) is 5.92 Å². The Hall–Kier alpha value is -0.550. The van der Waals surface area contributed by atoms with Crippen LogP contribution in [0.2, 0.25) is 0 Å². The Morgan fingerprint density at radius 1 is 1.53 bits per heavy atom. The summed E-state index contributed by atoms with van der Waals surface area (Å²) < 4.78 is 2.51. The first-order chi connectivity index (χ1) is 7.25. The maximum Gasteiger partial charge on any atom is 0.251 e. The molecule has 0 saturated carbocycles. The zero-order chi connectivity index (χ0) is 10.7. The third-order valence-corrected chi connectivity index (χ3v) is 4.08. The van der Waals surface area contributed by atoms with E-state index in [1.165, 1.54) is 30.4 Å². The summed E-state index contributed by atoms with van der Waals surface area (Å²) in [4.78, 5) is 13.6. The van der Waals surface area contributed by atoms with Crippen LogP contribution in [-0.4, -0.2) is 21.1 Å². The highest BCUT2D eigenvalue weighted by Gasteiger charge is 2.13. The Balaban J connectivity index is 2.09. The summed E-state index contributed by atoms with van der Waals surface area (Å²) in [5.74, 6) is 3.21. The SMILES string of the molecule is O=c1ccn(CC2CCSCC2)c(=S)[nH]1. The van der Waals surface area contributed by atoms with Gasteiger partial charge in [-0.2, -0.15) is 11.8 Å². The molecule has 1 aliphatic heterocycles. The number of thioether (sulfide) groups is 1. The van der Waals surface area contributed by atoms with Crippen LogP contribution in [0.15, 0.2) is 17.1 Å². The van der Waals surface area contributed by atoms with Crippen molar-refractivity contribution in [3.8, 4) is 0 Å². The number of nitrogens with one attached hydrogen (secondary N) is 1. The molecule has 1 fully saturated rings. The van der Waals surface area contributed by atoms with E-state index in [9.17, 15) is 4.79 Å². The number of aromatic nitrogens is 2. The lowest BCUT2D eigenvalue weighted by Gasteiger charge is -2.22. The average molecular weight is 242 g/mol. The molecule has 15 heavy (non-hydrogen) atoms. The molecular weight excluding hydrogens is 228 g/mol. The van der Waals surface area contributed by atoms with Gasteiger partial charge in [0.05, 0.1) is 0 Å². The van der Waals surface area contributed by atoms with Crippen LogP contribution in [0.4, 0.5) is 0 Å². The van der Waals surface area contributed by atoms with Gasteiger partial charge in [-0.25, -0.2) is 0 Å². The average Bonchev–Trinajstić information content (AvgIpc) is 2.24. The number of aromatic amines is 1. The second-order valence-electron chi connectivity index (χ2n) is 3.82. The van der Waals surface area contributed by atoms with Crippen molar-refractivity contribution in [3.63, 3.8) is 0 Å². The fourth-order valence-corrected chi connectivity index (χ4v) is 3.24. The second-order valence-corrected chi connectivity index (χ2v) is 5.43. The van der Waals surface area contributed by atoms with Gasteiger partial charge in [0.1, 0.15) is 0 Å². The Labute approximate surface area is 97.9 Å². The van der Waals surface area contributed by atoms with Crippen molar-refractivity contribution in [2.45, 2.75) is 19.4 Å². The lowest BCUT2D eigenvalue weighted by Crippen LogP contribution is -2.19. The molecule has 0 unspecified atom stereocenters. The van der Waals surface area contributed by atoms with Crippen molar-refractivity contribution in [1.29, 1.82) is 0 Å². The standard InChI is InChI=1S/C10H14N2OS2/c13-9-1-4-12(10(14)11-9)7-8-2-5-15-6-3-8/h1,4,8H,2-3,5-7H2,(H,11,13,14). The van der Waals surface area contributed by atoms with E-state index in [-0.39, 0.29) is 5.56 Å². The smallest absolute Gasteiger partial charge is 0.251 e. The fraction of sp³-hybridized carbons (Fsp3) is 0.600. The molecule has 1 aliphatic rings. The molecule has 1 saturated heterocycles. The minimum absolute atomic E-state index is 0.115. The number of H-pyrrole nitrogens is 1. The monoisotopic (exact) mass is 242 g/mol. The minimum atomic E-state index is -0.115. The highest BCUT2D eigenvalue weighted by molar-refractivity contribution is 7.99. The van der Waals surface area contributed by atoms with E-state index in [4.69, 9.17) is 12.2 Å². The van der Waals surface area contributed by atoms with Gasteiger partial charge in [-0.15, -0.1) is 0 Å². The molecule has 0 amide bonds. The van der Waals surface area contributed by atoms with Gasteiger partial charge in [0.15, 0.2) is 4.77 Å². The first-order valence-electron chi connectivity index (χ1n) is 5.13. The zero-order valence-corrected chi connectivity index (χ0v) is 10.1. The van der Waals surface area contributed by atoms with Crippen LogP contribution in [0.5, 0.6) is 0 Å². The van der Waals surface area contributed by atoms with Gasteiger partial charge in [-0.05, 0) is 42.5 Å². The second kappa shape index (κ2) is 4.99. The molecule has 1 aromatic heterocycles. The third-order valence-electron chi connectivity index (χ3n) is 2.69. The van der Waals surface area contributed by atoms with Crippen LogP contribution in [0.25, 0.3) is 0 Å². The summed E-state index contributed by atoms with van der Waals surface area (Å²) in [7, 11) is 0. The molecule has 0 atom stereocenters. The van der Waals surface area contributed by atoms with E-state index < -0.39 is 0 Å². The van der Waals surface area contributed by atoms with Gasteiger partial charge in [0, 0.05) is 18.8 Å². The fourth-order valence-electron chi connectivity index (χ4n) is 1.80. The maximum absolute atomic E-state index is 11.0. The van der Waals surface area contributed by atoms with E-state index in [1.54, 1.807) is 6.20 Å². The molecule has 2 rings (SSSR count). The van der Waals surface area contributed by atoms with Crippen LogP contribution in [-0.2, 0) is 6.54 Å². The summed E-state index contributed by atoms with van der Waals surface area (Å²) >= 11 is 7.13. The van der Waals surface area contributed by atoms with E-state index in [2.05, 4.69) is 4.98 Å². The van der Waals surface area contributed by atoms with E-state index in [1.807, 2.05) is 16.3 Å². The van der Waals surface area contributed by atoms with Crippen molar-refractivity contribution < 1.29 is 0 Å². The Morgan fingerprint density at radius 3 is 2.93 bits per heavy atom. The summed E-state index contributed by atoms with van der Waals surface area (Å²) in [6.45, 7) is 0.941. The number of rotatable bonds is 2. The molecule has 1 N–H and O–H groups in total. The minimum Gasteiger partial charge on any atom is -0.325 e. The molecule has 2 heterocycles. The van der Waals surface area contributed by atoms with Crippen molar-refractivity contribution in [3.05, 3.63) is 27.4 Å². The molecule has 82 valence electrons. The molecule has 0 spiro atoms. The Morgan fingerprint density at radius 2 is 2.27 bits per heavy atom. The zero-order valence-electron chi connectivity index (χ0n) is 8.44. The van der Waals surface area contributed by atoms with Crippen LogP contribution in [0.3, 0.4) is 0 Å². The number of hydrogen-bond donors (Lipinski definition) is 1. The molecule has 0 radical (unpaired) electrons. The topological polar surface area (TPSA) is 37.8 Å². The predicted molar refractivity (Wildman–Crippen MR) is 65.9 cm³/mol. The molecule has 1 aromatic rings. The Kier molecular flexibility index (Phi) is 3.64. The Bertz CT molecular complexity index is 432. The predicted octanol–water partition coefficient (Wildman–Crippen LogP) is 2.05. The first kappa shape index (κ1) is 11.0. The van der Waals surface area contributed by atoms with Gasteiger partial charge in [0.25, 0.3) is 5.56 Å².